The molecule has 158 valence electrons. The number of aryl methyl sites for hydroxylation is 1. The average molecular weight is 425 g/mol. The van der Waals surface area contributed by atoms with Gasteiger partial charge in [0.05, 0.1) is 5.69 Å². The molecule has 1 atom stereocenters. The van der Waals surface area contributed by atoms with Gasteiger partial charge in [0.15, 0.2) is 11.5 Å². The summed E-state index contributed by atoms with van der Waals surface area (Å²) < 4.78 is 17.2. The molecular weight excluding hydrogens is 396 g/mol. The molecule has 2 aromatic carbocycles. The number of nitrogens with one attached hydrogen (secondary N) is 1. The fraction of sp³-hybridized carbons (Fsp3) is 0.375. The molecular formula is C24H28N2O3S. The molecule has 3 aromatic rings. The molecule has 0 radical (unpaired) electrons. The van der Waals surface area contributed by atoms with Gasteiger partial charge in [0.25, 0.3) is 0 Å². The molecule has 30 heavy (non-hydrogen) atoms. The van der Waals surface area contributed by atoms with E-state index in [2.05, 4.69) is 55.7 Å². The highest BCUT2D eigenvalue weighted by Crippen LogP contribution is 2.34. The number of nitrogens with zero attached hydrogens (tertiary/aromatic N) is 1. The van der Waals surface area contributed by atoms with E-state index in [1.54, 1.807) is 11.3 Å². The van der Waals surface area contributed by atoms with Crippen LogP contribution in [-0.4, -0.2) is 18.2 Å². The van der Waals surface area contributed by atoms with Crippen LogP contribution in [0.25, 0.3) is 0 Å². The van der Waals surface area contributed by atoms with Gasteiger partial charge in [-0.05, 0) is 42.7 Å². The van der Waals surface area contributed by atoms with Crippen LogP contribution in [0.3, 0.4) is 0 Å². The van der Waals surface area contributed by atoms with Crippen LogP contribution in [0.15, 0.2) is 47.8 Å². The van der Waals surface area contributed by atoms with Crippen molar-refractivity contribution in [1.82, 2.24) is 10.3 Å². The Balaban J connectivity index is 1.36. The lowest BCUT2D eigenvalue weighted by Crippen LogP contribution is -2.26. The van der Waals surface area contributed by atoms with E-state index in [-0.39, 0.29) is 6.04 Å². The maximum atomic E-state index is 5.85. The van der Waals surface area contributed by atoms with Crippen LogP contribution in [0.2, 0.25) is 0 Å². The molecule has 0 saturated heterocycles. The lowest BCUT2D eigenvalue weighted by Gasteiger charge is -2.25. The van der Waals surface area contributed by atoms with E-state index in [4.69, 9.17) is 19.2 Å². The van der Waals surface area contributed by atoms with Crippen molar-refractivity contribution in [3.63, 3.8) is 0 Å². The third-order valence-corrected chi connectivity index (χ3v) is 5.95. The third-order valence-electron chi connectivity index (χ3n) is 5.08. The van der Waals surface area contributed by atoms with Crippen molar-refractivity contribution < 1.29 is 14.2 Å². The van der Waals surface area contributed by atoms with Crippen LogP contribution < -0.4 is 19.5 Å². The van der Waals surface area contributed by atoms with Crippen LogP contribution in [0, 0.1) is 12.8 Å². The first-order chi connectivity index (χ1) is 14.6. The first-order valence-corrected chi connectivity index (χ1v) is 11.2. The minimum absolute atomic E-state index is 0.204. The second kappa shape index (κ2) is 9.49. The summed E-state index contributed by atoms with van der Waals surface area (Å²) in [7, 11) is 0. The summed E-state index contributed by atoms with van der Waals surface area (Å²) in [5.41, 5.74) is 3.46. The van der Waals surface area contributed by atoms with Gasteiger partial charge in [0, 0.05) is 18.0 Å². The second-order valence-electron chi connectivity index (χ2n) is 7.84. The zero-order chi connectivity index (χ0) is 20.9. The van der Waals surface area contributed by atoms with E-state index >= 15 is 0 Å². The smallest absolute Gasteiger partial charge is 0.161 e. The average Bonchev–Trinajstić information content (AvgIpc) is 3.21. The summed E-state index contributed by atoms with van der Waals surface area (Å²) >= 11 is 1.63. The lowest BCUT2D eigenvalue weighted by molar-refractivity contribution is 0.171. The van der Waals surface area contributed by atoms with E-state index in [0.29, 0.717) is 32.3 Å². The molecule has 2 heterocycles. The van der Waals surface area contributed by atoms with Gasteiger partial charge in [0.1, 0.15) is 30.6 Å². The standard InChI is InChI=1S/C24H28N2O3S/c1-16(2)24(18-6-9-21-22(12-18)28-11-10-27-21)25-13-19-15-30-23(26-19)14-29-20-7-4-17(3)5-8-20/h4-9,12,15-16,24-25H,10-11,13-14H2,1-3H3. The van der Waals surface area contributed by atoms with Crippen molar-refractivity contribution >= 4 is 11.3 Å². The number of fused-ring (bicyclic) bond motifs is 1. The molecule has 1 N–H and O–H groups in total. The van der Waals surface area contributed by atoms with Crippen molar-refractivity contribution in [3.05, 3.63) is 69.7 Å². The Hall–Kier alpha value is -2.57. The number of rotatable bonds is 8. The topological polar surface area (TPSA) is 52.6 Å². The lowest BCUT2D eigenvalue weighted by atomic mass is 9.95. The molecule has 0 fully saturated rings. The second-order valence-corrected chi connectivity index (χ2v) is 8.78. The summed E-state index contributed by atoms with van der Waals surface area (Å²) in [6.45, 7) is 8.91. The predicted molar refractivity (Wildman–Crippen MR) is 119 cm³/mol. The van der Waals surface area contributed by atoms with Crippen LogP contribution in [0.4, 0.5) is 0 Å². The Labute approximate surface area is 182 Å². The van der Waals surface area contributed by atoms with E-state index in [9.17, 15) is 0 Å². The SMILES string of the molecule is Cc1ccc(OCc2nc(CNC(c3ccc4c(c3)OCCO4)C(C)C)cs2)cc1. The molecule has 0 bridgehead atoms. The zero-order valence-corrected chi connectivity index (χ0v) is 18.5. The zero-order valence-electron chi connectivity index (χ0n) is 17.7. The predicted octanol–water partition coefficient (Wildman–Crippen LogP) is 5.29. The van der Waals surface area contributed by atoms with Crippen LogP contribution in [0.1, 0.15) is 41.7 Å². The number of ether oxygens (including phenoxy) is 3. The number of hydrogen-bond acceptors (Lipinski definition) is 6. The highest BCUT2D eigenvalue weighted by atomic mass is 32.1. The number of benzene rings is 2. The largest absolute Gasteiger partial charge is 0.486 e. The summed E-state index contributed by atoms with van der Waals surface area (Å²) in [4.78, 5) is 4.72. The van der Waals surface area contributed by atoms with E-state index in [0.717, 1.165) is 28.0 Å². The Bertz CT molecular complexity index is 969. The van der Waals surface area contributed by atoms with Gasteiger partial charge in [-0.3, -0.25) is 0 Å². The van der Waals surface area contributed by atoms with Gasteiger partial charge in [-0.25, -0.2) is 4.98 Å². The summed E-state index contributed by atoms with van der Waals surface area (Å²) in [6.07, 6.45) is 0. The highest BCUT2D eigenvalue weighted by molar-refractivity contribution is 7.09. The molecule has 0 saturated carbocycles. The van der Waals surface area contributed by atoms with Gasteiger partial charge in [0.2, 0.25) is 0 Å². The van der Waals surface area contributed by atoms with Crippen LogP contribution in [-0.2, 0) is 13.2 Å². The van der Waals surface area contributed by atoms with Gasteiger partial charge in [-0.2, -0.15) is 0 Å². The van der Waals surface area contributed by atoms with E-state index in [1.165, 1.54) is 11.1 Å². The van der Waals surface area contributed by atoms with E-state index < -0.39 is 0 Å². The molecule has 1 aromatic heterocycles. The van der Waals surface area contributed by atoms with Crippen molar-refractivity contribution in [2.75, 3.05) is 13.2 Å². The van der Waals surface area contributed by atoms with Gasteiger partial charge in [-0.1, -0.05) is 37.6 Å². The first kappa shape index (κ1) is 20.7. The van der Waals surface area contributed by atoms with Crippen molar-refractivity contribution in [3.8, 4) is 17.2 Å². The Morgan fingerprint density at radius 3 is 2.60 bits per heavy atom. The maximum absolute atomic E-state index is 5.85. The molecule has 5 nitrogen and oxygen atoms in total. The normalized spacial score (nSPS) is 14.0. The van der Waals surface area contributed by atoms with Gasteiger partial charge >= 0.3 is 0 Å². The third kappa shape index (κ3) is 5.12. The molecule has 0 spiro atoms. The number of thiazole rings is 1. The minimum atomic E-state index is 0.204. The van der Waals surface area contributed by atoms with Crippen molar-refractivity contribution in [2.45, 2.75) is 40.0 Å². The molecule has 6 heteroatoms. The highest BCUT2D eigenvalue weighted by Gasteiger charge is 2.19. The number of aromatic nitrogens is 1. The summed E-state index contributed by atoms with van der Waals surface area (Å²) in [5.74, 6) is 2.95. The fourth-order valence-electron chi connectivity index (χ4n) is 3.48. The van der Waals surface area contributed by atoms with E-state index in [1.807, 2.05) is 18.2 Å². The van der Waals surface area contributed by atoms with Gasteiger partial charge in [-0.15, -0.1) is 11.3 Å². The minimum Gasteiger partial charge on any atom is -0.486 e. The Morgan fingerprint density at radius 2 is 1.83 bits per heavy atom. The molecule has 0 aliphatic carbocycles. The molecule has 1 aliphatic rings. The first-order valence-electron chi connectivity index (χ1n) is 10.3. The van der Waals surface area contributed by atoms with Gasteiger partial charge < -0.3 is 19.5 Å². The van der Waals surface area contributed by atoms with Crippen molar-refractivity contribution in [2.24, 2.45) is 5.92 Å². The Morgan fingerprint density at radius 1 is 1.07 bits per heavy atom. The van der Waals surface area contributed by atoms with Crippen LogP contribution >= 0.6 is 11.3 Å². The monoisotopic (exact) mass is 424 g/mol. The summed E-state index contributed by atoms with van der Waals surface area (Å²) in [5, 5.41) is 6.74. The summed E-state index contributed by atoms with van der Waals surface area (Å²) in [6, 6.07) is 14.5. The molecule has 4 rings (SSSR count). The molecule has 0 amide bonds. The van der Waals surface area contributed by atoms with Crippen LogP contribution in [0.5, 0.6) is 17.2 Å². The molecule has 1 unspecified atom stereocenters. The van der Waals surface area contributed by atoms with Crippen molar-refractivity contribution in [1.29, 1.82) is 0 Å². The fourth-order valence-corrected chi connectivity index (χ4v) is 4.19. The molecule has 1 aliphatic heterocycles. The number of hydrogen-bond donors (Lipinski definition) is 1. The maximum Gasteiger partial charge on any atom is 0.161 e. The quantitative estimate of drug-likeness (QED) is 0.533. The Kier molecular flexibility index (Phi) is 6.55.